The maximum Gasteiger partial charge on any atom is 0.246 e. The third kappa shape index (κ3) is 9.01. The third-order valence-electron chi connectivity index (χ3n) is 1.17. The van der Waals surface area contributed by atoms with E-state index in [9.17, 15) is 9.59 Å². The standard InChI is InChI=1S/C9H17NO3/c1-7(11)5-10-8(12)6-13-9(2,3)4/h5-6H2,1-4H3,(H,10,12). The van der Waals surface area contributed by atoms with E-state index in [-0.39, 0.29) is 30.4 Å². The van der Waals surface area contributed by atoms with Gasteiger partial charge in [-0.1, -0.05) is 0 Å². The second-order valence-electron chi connectivity index (χ2n) is 3.88. The Kier molecular flexibility index (Phi) is 4.62. The molecule has 0 saturated carbocycles. The highest BCUT2D eigenvalue weighted by atomic mass is 16.5. The highest BCUT2D eigenvalue weighted by Crippen LogP contribution is 2.05. The number of Topliss-reactive ketones (excluding diaryl/α,β-unsaturated/α-hetero) is 1. The molecule has 0 aliphatic carbocycles. The summed E-state index contributed by atoms with van der Waals surface area (Å²) in [4.78, 5) is 21.5. The first-order valence-electron chi connectivity index (χ1n) is 4.21. The van der Waals surface area contributed by atoms with Crippen LogP contribution >= 0.6 is 0 Å². The smallest absolute Gasteiger partial charge is 0.246 e. The third-order valence-corrected chi connectivity index (χ3v) is 1.17. The molecule has 0 aromatic heterocycles. The number of carbonyl (C=O) groups is 2. The first-order valence-corrected chi connectivity index (χ1v) is 4.21. The minimum atomic E-state index is -0.326. The summed E-state index contributed by atoms with van der Waals surface area (Å²) in [5, 5.41) is 2.44. The van der Waals surface area contributed by atoms with Crippen molar-refractivity contribution in [3.8, 4) is 0 Å². The number of carbonyl (C=O) groups excluding carboxylic acids is 2. The molecule has 1 amide bonds. The van der Waals surface area contributed by atoms with E-state index in [2.05, 4.69) is 5.32 Å². The van der Waals surface area contributed by atoms with Crippen molar-refractivity contribution in [2.45, 2.75) is 33.3 Å². The van der Waals surface area contributed by atoms with Gasteiger partial charge in [0.15, 0.2) is 0 Å². The summed E-state index contributed by atoms with van der Waals surface area (Å²) in [7, 11) is 0. The number of ketones is 1. The van der Waals surface area contributed by atoms with Gasteiger partial charge in [-0.05, 0) is 27.7 Å². The molecular weight excluding hydrogens is 170 g/mol. The Morgan fingerprint density at radius 2 is 1.85 bits per heavy atom. The molecule has 0 fully saturated rings. The fraction of sp³-hybridized carbons (Fsp3) is 0.778. The molecule has 76 valence electrons. The number of hydrogen-bond acceptors (Lipinski definition) is 3. The van der Waals surface area contributed by atoms with Gasteiger partial charge < -0.3 is 10.1 Å². The first-order chi connectivity index (χ1) is 5.81. The molecule has 0 bridgehead atoms. The molecular formula is C9H17NO3. The number of ether oxygens (including phenoxy) is 1. The van der Waals surface area contributed by atoms with Gasteiger partial charge in [0.2, 0.25) is 5.91 Å². The topological polar surface area (TPSA) is 55.4 Å². The Morgan fingerprint density at radius 1 is 1.31 bits per heavy atom. The molecule has 4 heteroatoms. The molecule has 4 nitrogen and oxygen atoms in total. The summed E-state index contributed by atoms with van der Waals surface area (Å²) in [5.74, 6) is -0.325. The highest BCUT2D eigenvalue weighted by molar-refractivity contribution is 5.84. The van der Waals surface area contributed by atoms with Gasteiger partial charge in [0.25, 0.3) is 0 Å². The molecule has 0 radical (unpaired) electrons. The van der Waals surface area contributed by atoms with Crippen LogP contribution in [0.15, 0.2) is 0 Å². The van der Waals surface area contributed by atoms with Gasteiger partial charge in [-0.3, -0.25) is 9.59 Å². The van der Waals surface area contributed by atoms with Crippen LogP contribution in [-0.2, 0) is 14.3 Å². The van der Waals surface area contributed by atoms with Crippen molar-refractivity contribution < 1.29 is 14.3 Å². The summed E-state index contributed by atoms with van der Waals surface area (Å²) in [6.07, 6.45) is 0. The molecule has 0 saturated heterocycles. The molecule has 1 N–H and O–H groups in total. The van der Waals surface area contributed by atoms with Crippen molar-refractivity contribution in [3.05, 3.63) is 0 Å². The molecule has 0 aliphatic rings. The summed E-state index contributed by atoms with van der Waals surface area (Å²) in [5.41, 5.74) is -0.326. The van der Waals surface area contributed by atoms with E-state index in [0.717, 1.165) is 0 Å². The van der Waals surface area contributed by atoms with Crippen LogP contribution < -0.4 is 5.32 Å². The monoisotopic (exact) mass is 187 g/mol. The van der Waals surface area contributed by atoms with Gasteiger partial charge in [-0.25, -0.2) is 0 Å². The van der Waals surface area contributed by atoms with Gasteiger partial charge in [-0.15, -0.1) is 0 Å². The van der Waals surface area contributed by atoms with E-state index in [0.29, 0.717) is 0 Å². The number of amides is 1. The Labute approximate surface area is 78.6 Å². The van der Waals surface area contributed by atoms with Crippen LogP contribution in [0, 0.1) is 0 Å². The Morgan fingerprint density at radius 3 is 2.23 bits per heavy atom. The predicted octanol–water partition coefficient (Wildman–Crippen LogP) is 0.507. The molecule has 0 aromatic rings. The van der Waals surface area contributed by atoms with Gasteiger partial charge in [0.05, 0.1) is 12.1 Å². The quantitative estimate of drug-likeness (QED) is 0.697. The molecule has 0 atom stereocenters. The van der Waals surface area contributed by atoms with Crippen LogP contribution in [-0.4, -0.2) is 30.4 Å². The van der Waals surface area contributed by atoms with Crippen molar-refractivity contribution in [3.63, 3.8) is 0 Å². The summed E-state index contributed by atoms with van der Waals surface area (Å²) >= 11 is 0. The van der Waals surface area contributed by atoms with E-state index in [1.165, 1.54) is 6.92 Å². The fourth-order valence-corrected chi connectivity index (χ4v) is 0.556. The average molecular weight is 187 g/mol. The highest BCUT2D eigenvalue weighted by Gasteiger charge is 2.12. The van der Waals surface area contributed by atoms with E-state index < -0.39 is 0 Å². The fourth-order valence-electron chi connectivity index (χ4n) is 0.556. The minimum absolute atomic E-state index is 0.00319. The predicted molar refractivity (Wildman–Crippen MR) is 49.4 cm³/mol. The van der Waals surface area contributed by atoms with Crippen molar-refractivity contribution in [1.82, 2.24) is 5.32 Å². The summed E-state index contributed by atoms with van der Waals surface area (Å²) in [6, 6.07) is 0. The van der Waals surface area contributed by atoms with E-state index in [1.54, 1.807) is 0 Å². The van der Waals surface area contributed by atoms with Crippen LogP contribution in [0.5, 0.6) is 0 Å². The Bertz CT molecular complexity index is 194. The number of hydrogen-bond donors (Lipinski definition) is 1. The Hall–Kier alpha value is -0.900. The molecule has 0 rings (SSSR count). The van der Waals surface area contributed by atoms with Crippen molar-refractivity contribution in [2.24, 2.45) is 0 Å². The molecule has 0 aliphatic heterocycles. The van der Waals surface area contributed by atoms with Crippen molar-refractivity contribution in [1.29, 1.82) is 0 Å². The first kappa shape index (κ1) is 12.1. The lowest BCUT2D eigenvalue weighted by Crippen LogP contribution is -2.34. The number of nitrogens with one attached hydrogen (secondary N) is 1. The summed E-state index contributed by atoms with van der Waals surface area (Å²) in [6.45, 7) is 7.09. The zero-order chi connectivity index (χ0) is 10.5. The maximum absolute atomic E-state index is 11.0. The average Bonchev–Trinajstić information content (AvgIpc) is 1.95. The minimum Gasteiger partial charge on any atom is -0.366 e. The van der Waals surface area contributed by atoms with E-state index >= 15 is 0 Å². The zero-order valence-corrected chi connectivity index (χ0v) is 8.64. The second kappa shape index (κ2) is 4.97. The van der Waals surface area contributed by atoms with Crippen LogP contribution in [0.4, 0.5) is 0 Å². The maximum atomic E-state index is 11.0. The van der Waals surface area contributed by atoms with Gasteiger partial charge in [0.1, 0.15) is 12.4 Å². The van der Waals surface area contributed by atoms with Gasteiger partial charge >= 0.3 is 0 Å². The van der Waals surface area contributed by atoms with Crippen LogP contribution in [0.2, 0.25) is 0 Å². The van der Waals surface area contributed by atoms with Crippen LogP contribution in [0.3, 0.4) is 0 Å². The molecule has 0 heterocycles. The number of rotatable bonds is 4. The largest absolute Gasteiger partial charge is 0.366 e. The Balaban J connectivity index is 3.58. The lowest BCUT2D eigenvalue weighted by Gasteiger charge is -2.18. The van der Waals surface area contributed by atoms with E-state index in [4.69, 9.17) is 4.74 Å². The molecule has 0 aromatic carbocycles. The van der Waals surface area contributed by atoms with E-state index in [1.807, 2.05) is 20.8 Å². The van der Waals surface area contributed by atoms with Crippen LogP contribution in [0.1, 0.15) is 27.7 Å². The lowest BCUT2D eigenvalue weighted by molar-refractivity contribution is -0.132. The lowest BCUT2D eigenvalue weighted by atomic mass is 10.2. The van der Waals surface area contributed by atoms with Gasteiger partial charge in [0, 0.05) is 0 Å². The normalized spacial score (nSPS) is 11.1. The van der Waals surface area contributed by atoms with Gasteiger partial charge in [-0.2, -0.15) is 0 Å². The van der Waals surface area contributed by atoms with Crippen LogP contribution in [0.25, 0.3) is 0 Å². The van der Waals surface area contributed by atoms with Crippen molar-refractivity contribution >= 4 is 11.7 Å². The molecule has 0 unspecified atom stereocenters. The second-order valence-corrected chi connectivity index (χ2v) is 3.88. The molecule has 13 heavy (non-hydrogen) atoms. The molecule has 0 spiro atoms. The SMILES string of the molecule is CC(=O)CNC(=O)COC(C)(C)C. The van der Waals surface area contributed by atoms with Crippen molar-refractivity contribution in [2.75, 3.05) is 13.2 Å². The summed E-state index contributed by atoms with van der Waals surface area (Å²) < 4.78 is 5.20. The zero-order valence-electron chi connectivity index (χ0n) is 8.64.